The summed E-state index contributed by atoms with van der Waals surface area (Å²) in [7, 11) is 3.63. The highest BCUT2D eigenvalue weighted by Crippen LogP contribution is 2.31. The molecule has 0 radical (unpaired) electrons. The van der Waals surface area contributed by atoms with Crippen molar-refractivity contribution in [2.45, 2.75) is 31.4 Å². The molecule has 3 fully saturated rings. The van der Waals surface area contributed by atoms with Crippen LogP contribution in [0.15, 0.2) is 0 Å². The summed E-state index contributed by atoms with van der Waals surface area (Å²) in [6.45, 7) is 2.31. The van der Waals surface area contributed by atoms with Crippen molar-refractivity contribution < 1.29 is 14.3 Å². The molecule has 112 valence electrons. The zero-order valence-electron chi connectivity index (χ0n) is 12.2. The molecule has 6 nitrogen and oxygen atoms in total. The van der Waals surface area contributed by atoms with Crippen molar-refractivity contribution in [3.63, 3.8) is 0 Å². The summed E-state index contributed by atoms with van der Waals surface area (Å²) >= 11 is 0. The molecule has 0 aromatic heterocycles. The molecule has 6 heteroatoms. The van der Waals surface area contributed by atoms with E-state index in [1.54, 1.807) is 12.0 Å². The van der Waals surface area contributed by atoms with Gasteiger partial charge in [-0.1, -0.05) is 0 Å². The van der Waals surface area contributed by atoms with E-state index in [0.29, 0.717) is 12.6 Å². The average molecular weight is 281 g/mol. The van der Waals surface area contributed by atoms with Crippen molar-refractivity contribution in [1.82, 2.24) is 14.7 Å². The molecule has 2 atom stereocenters. The minimum atomic E-state index is -0.145. The van der Waals surface area contributed by atoms with E-state index < -0.39 is 0 Å². The SMILES string of the molecule is CO[C@H]1C[C@@H](C(=O)N2CC(=O)N(CC3CC3)C2)N(C)C1. The first kappa shape index (κ1) is 13.8. The Labute approximate surface area is 119 Å². The third-order valence-corrected chi connectivity index (χ3v) is 4.64. The van der Waals surface area contributed by atoms with Crippen LogP contribution in [0.1, 0.15) is 19.3 Å². The monoisotopic (exact) mass is 281 g/mol. The summed E-state index contributed by atoms with van der Waals surface area (Å²) < 4.78 is 5.34. The number of carbonyl (C=O) groups excluding carboxylic acids is 2. The minimum absolute atomic E-state index is 0.0682. The van der Waals surface area contributed by atoms with Crippen LogP contribution in [0.3, 0.4) is 0 Å². The second-order valence-electron chi connectivity index (χ2n) is 6.29. The van der Waals surface area contributed by atoms with Crippen LogP contribution in [-0.2, 0) is 14.3 Å². The summed E-state index contributed by atoms with van der Waals surface area (Å²) in [5.74, 6) is 0.828. The van der Waals surface area contributed by atoms with Gasteiger partial charge in [0.2, 0.25) is 11.8 Å². The second kappa shape index (κ2) is 5.33. The van der Waals surface area contributed by atoms with Crippen molar-refractivity contribution in [1.29, 1.82) is 0 Å². The van der Waals surface area contributed by atoms with Gasteiger partial charge in [0.15, 0.2) is 0 Å². The van der Waals surface area contributed by atoms with E-state index in [-0.39, 0.29) is 30.5 Å². The molecule has 3 aliphatic rings. The van der Waals surface area contributed by atoms with E-state index in [2.05, 4.69) is 0 Å². The van der Waals surface area contributed by atoms with Gasteiger partial charge in [-0.05, 0) is 32.2 Å². The van der Waals surface area contributed by atoms with Crippen LogP contribution in [0.2, 0.25) is 0 Å². The largest absolute Gasteiger partial charge is 0.380 e. The van der Waals surface area contributed by atoms with Crippen molar-refractivity contribution in [2.24, 2.45) is 5.92 Å². The first-order chi connectivity index (χ1) is 9.58. The molecule has 0 N–H and O–H groups in total. The maximum atomic E-state index is 12.6. The molecule has 2 amide bonds. The van der Waals surface area contributed by atoms with Gasteiger partial charge in [-0.3, -0.25) is 14.5 Å². The molecule has 2 heterocycles. The Morgan fingerprint density at radius 3 is 2.75 bits per heavy atom. The summed E-state index contributed by atoms with van der Waals surface area (Å²) in [6.07, 6.45) is 3.28. The number of likely N-dealkylation sites (tertiary alicyclic amines) is 1. The lowest BCUT2D eigenvalue weighted by atomic mass is 10.2. The van der Waals surface area contributed by atoms with Crippen LogP contribution in [0, 0.1) is 5.92 Å². The standard InChI is InChI=1S/C14H23N3O3/c1-15-7-11(20-2)5-12(15)14(19)17-8-13(18)16(9-17)6-10-3-4-10/h10-12H,3-9H2,1-2H3/t11-,12-/m0/s1. The fourth-order valence-corrected chi connectivity index (χ4v) is 3.14. The van der Waals surface area contributed by atoms with E-state index >= 15 is 0 Å². The zero-order valence-corrected chi connectivity index (χ0v) is 12.2. The molecular weight excluding hydrogens is 258 g/mol. The fraction of sp³-hybridized carbons (Fsp3) is 0.857. The number of methoxy groups -OCH3 is 1. The Morgan fingerprint density at radius 1 is 1.40 bits per heavy atom. The predicted molar refractivity (Wildman–Crippen MR) is 72.8 cm³/mol. The Kier molecular flexibility index (Phi) is 3.69. The van der Waals surface area contributed by atoms with Gasteiger partial charge in [-0.2, -0.15) is 0 Å². The van der Waals surface area contributed by atoms with Crippen LogP contribution in [0.4, 0.5) is 0 Å². The normalized spacial score (nSPS) is 31.4. The van der Waals surface area contributed by atoms with Crippen molar-refractivity contribution in [3.05, 3.63) is 0 Å². The number of hydrogen-bond acceptors (Lipinski definition) is 4. The number of rotatable bonds is 4. The topological polar surface area (TPSA) is 53.1 Å². The Bertz CT molecular complexity index is 410. The smallest absolute Gasteiger partial charge is 0.243 e. The van der Waals surface area contributed by atoms with Crippen molar-refractivity contribution >= 4 is 11.8 Å². The van der Waals surface area contributed by atoms with Crippen LogP contribution < -0.4 is 0 Å². The summed E-state index contributed by atoms with van der Waals surface area (Å²) in [5, 5.41) is 0. The van der Waals surface area contributed by atoms with E-state index in [1.165, 1.54) is 12.8 Å². The van der Waals surface area contributed by atoms with Gasteiger partial charge < -0.3 is 14.5 Å². The van der Waals surface area contributed by atoms with Crippen LogP contribution in [-0.4, -0.2) is 79.1 Å². The van der Waals surface area contributed by atoms with E-state index in [0.717, 1.165) is 19.5 Å². The lowest BCUT2D eigenvalue weighted by Crippen LogP contribution is -2.44. The maximum Gasteiger partial charge on any atom is 0.243 e. The van der Waals surface area contributed by atoms with Gasteiger partial charge in [0, 0.05) is 20.2 Å². The van der Waals surface area contributed by atoms with Gasteiger partial charge in [-0.25, -0.2) is 0 Å². The molecule has 0 unspecified atom stereocenters. The summed E-state index contributed by atoms with van der Waals surface area (Å²) in [4.78, 5) is 30.1. The third-order valence-electron chi connectivity index (χ3n) is 4.64. The highest BCUT2D eigenvalue weighted by molar-refractivity contribution is 5.90. The lowest BCUT2D eigenvalue weighted by Gasteiger charge is -2.24. The fourth-order valence-electron chi connectivity index (χ4n) is 3.14. The third kappa shape index (κ3) is 2.67. The van der Waals surface area contributed by atoms with Gasteiger partial charge >= 0.3 is 0 Å². The van der Waals surface area contributed by atoms with Crippen LogP contribution in [0.5, 0.6) is 0 Å². The second-order valence-corrected chi connectivity index (χ2v) is 6.29. The Hall–Kier alpha value is -1.14. The molecule has 0 bridgehead atoms. The van der Waals surface area contributed by atoms with Gasteiger partial charge in [0.1, 0.15) is 6.54 Å². The van der Waals surface area contributed by atoms with E-state index in [4.69, 9.17) is 4.74 Å². The van der Waals surface area contributed by atoms with Gasteiger partial charge in [0.05, 0.1) is 18.8 Å². The number of ether oxygens (including phenoxy) is 1. The maximum absolute atomic E-state index is 12.6. The van der Waals surface area contributed by atoms with E-state index in [1.807, 2.05) is 16.8 Å². The van der Waals surface area contributed by atoms with Crippen molar-refractivity contribution in [2.75, 3.05) is 40.5 Å². The first-order valence-electron chi connectivity index (χ1n) is 7.38. The predicted octanol–water partition coefficient (Wildman–Crippen LogP) is -0.256. The average Bonchev–Trinajstić information content (AvgIpc) is 3.05. The van der Waals surface area contributed by atoms with Crippen LogP contribution >= 0.6 is 0 Å². The quantitative estimate of drug-likeness (QED) is 0.713. The molecule has 1 aliphatic carbocycles. The molecule has 2 saturated heterocycles. The summed E-state index contributed by atoms with van der Waals surface area (Å²) in [6, 6.07) is -0.145. The number of hydrogen-bond donors (Lipinski definition) is 0. The number of nitrogens with zero attached hydrogens (tertiary/aromatic N) is 3. The molecule has 0 aromatic carbocycles. The molecule has 20 heavy (non-hydrogen) atoms. The minimum Gasteiger partial charge on any atom is -0.380 e. The Balaban J connectivity index is 1.59. The molecule has 0 aromatic rings. The zero-order chi connectivity index (χ0) is 14.3. The molecule has 1 saturated carbocycles. The molecular formula is C14H23N3O3. The number of amides is 2. The van der Waals surface area contributed by atoms with Gasteiger partial charge in [-0.15, -0.1) is 0 Å². The highest BCUT2D eigenvalue weighted by Gasteiger charge is 2.41. The summed E-state index contributed by atoms with van der Waals surface area (Å²) in [5.41, 5.74) is 0. The number of likely N-dealkylation sites (N-methyl/N-ethyl adjacent to an activating group) is 1. The molecule has 0 spiro atoms. The highest BCUT2D eigenvalue weighted by atomic mass is 16.5. The number of carbonyl (C=O) groups is 2. The first-order valence-corrected chi connectivity index (χ1v) is 7.38. The molecule has 3 rings (SSSR count). The lowest BCUT2D eigenvalue weighted by molar-refractivity contribution is -0.135. The molecule has 2 aliphatic heterocycles. The van der Waals surface area contributed by atoms with Crippen LogP contribution in [0.25, 0.3) is 0 Å². The van der Waals surface area contributed by atoms with Crippen molar-refractivity contribution in [3.8, 4) is 0 Å². The Morgan fingerprint density at radius 2 is 2.15 bits per heavy atom. The van der Waals surface area contributed by atoms with E-state index in [9.17, 15) is 9.59 Å². The van der Waals surface area contributed by atoms with Gasteiger partial charge in [0.25, 0.3) is 0 Å².